The molecule has 2 rings (SSSR count). The lowest BCUT2D eigenvalue weighted by Gasteiger charge is -2.17. The molecule has 3 heteroatoms. The molecule has 3 N–H and O–H groups in total. The number of nitrogens with two attached hydrogens (primary N) is 1. The maximum absolute atomic E-state index is 5.63. The largest absolute Gasteiger partial charge is 0.271 e. The second-order valence-corrected chi connectivity index (χ2v) is 5.42. The Balaban J connectivity index is 2.00. The van der Waals surface area contributed by atoms with Crippen LogP contribution in [0.4, 0.5) is 0 Å². The summed E-state index contributed by atoms with van der Waals surface area (Å²) in [4.78, 5) is 0. The van der Waals surface area contributed by atoms with Gasteiger partial charge in [0.05, 0.1) is 0 Å². The number of benzene rings is 1. The van der Waals surface area contributed by atoms with Crippen molar-refractivity contribution in [3.05, 3.63) is 33.4 Å². The van der Waals surface area contributed by atoms with Crippen molar-refractivity contribution in [2.24, 2.45) is 11.8 Å². The fourth-order valence-electron chi connectivity index (χ4n) is 1.90. The van der Waals surface area contributed by atoms with Gasteiger partial charge in [-0.3, -0.25) is 11.3 Å². The fourth-order valence-corrected chi connectivity index (χ4v) is 2.66. The van der Waals surface area contributed by atoms with Crippen molar-refractivity contribution in [1.29, 1.82) is 0 Å². The third-order valence-corrected chi connectivity index (χ3v) is 4.02. The smallest absolute Gasteiger partial charge is 0.0470 e. The molecular formula is C12H17IN2. The van der Waals surface area contributed by atoms with E-state index in [4.69, 9.17) is 5.84 Å². The van der Waals surface area contributed by atoms with Crippen LogP contribution in [0.3, 0.4) is 0 Å². The Morgan fingerprint density at radius 1 is 1.40 bits per heavy atom. The van der Waals surface area contributed by atoms with E-state index in [0.717, 1.165) is 12.3 Å². The minimum atomic E-state index is 0.318. The van der Waals surface area contributed by atoms with Crippen molar-refractivity contribution in [1.82, 2.24) is 5.43 Å². The lowest BCUT2D eigenvalue weighted by molar-refractivity contribution is 0.480. The van der Waals surface area contributed by atoms with Gasteiger partial charge in [-0.25, -0.2) is 0 Å². The van der Waals surface area contributed by atoms with Crippen molar-refractivity contribution in [2.75, 3.05) is 0 Å². The van der Waals surface area contributed by atoms with Gasteiger partial charge < -0.3 is 0 Å². The maximum Gasteiger partial charge on any atom is 0.0470 e. The second kappa shape index (κ2) is 5.27. The molecule has 1 aromatic carbocycles. The molecular weight excluding hydrogens is 299 g/mol. The normalized spacial score (nSPS) is 17.7. The van der Waals surface area contributed by atoms with Crippen LogP contribution in [0.1, 0.15) is 37.3 Å². The van der Waals surface area contributed by atoms with E-state index in [2.05, 4.69) is 52.3 Å². The van der Waals surface area contributed by atoms with Crippen LogP contribution in [0.15, 0.2) is 24.3 Å². The molecule has 1 unspecified atom stereocenters. The van der Waals surface area contributed by atoms with E-state index in [0.29, 0.717) is 6.04 Å². The number of hydrogen-bond donors (Lipinski definition) is 2. The molecule has 1 aliphatic rings. The molecule has 0 heterocycles. The lowest BCUT2D eigenvalue weighted by Crippen LogP contribution is -2.28. The van der Waals surface area contributed by atoms with Crippen molar-refractivity contribution in [2.45, 2.75) is 31.7 Å². The zero-order chi connectivity index (χ0) is 10.7. The molecule has 0 saturated heterocycles. The van der Waals surface area contributed by atoms with E-state index in [1.807, 2.05) is 0 Å². The van der Waals surface area contributed by atoms with Crippen molar-refractivity contribution in [3.63, 3.8) is 0 Å². The number of halogens is 1. The van der Waals surface area contributed by atoms with E-state index >= 15 is 0 Å². The summed E-state index contributed by atoms with van der Waals surface area (Å²) in [5.41, 5.74) is 4.27. The van der Waals surface area contributed by atoms with Gasteiger partial charge >= 0.3 is 0 Å². The van der Waals surface area contributed by atoms with Crippen molar-refractivity contribution < 1.29 is 0 Å². The molecule has 0 aliphatic heterocycles. The van der Waals surface area contributed by atoms with Crippen LogP contribution in [0.25, 0.3) is 0 Å². The average molecular weight is 316 g/mol. The van der Waals surface area contributed by atoms with Gasteiger partial charge in [0.25, 0.3) is 0 Å². The monoisotopic (exact) mass is 316 g/mol. The number of hydrazine groups is 1. The first-order chi connectivity index (χ1) is 7.31. The Morgan fingerprint density at radius 3 is 2.73 bits per heavy atom. The van der Waals surface area contributed by atoms with Crippen LogP contribution < -0.4 is 11.3 Å². The second-order valence-electron chi connectivity index (χ2n) is 4.26. The summed E-state index contributed by atoms with van der Waals surface area (Å²) in [5, 5.41) is 0. The molecule has 1 saturated carbocycles. The number of hydrogen-bond acceptors (Lipinski definition) is 2. The van der Waals surface area contributed by atoms with Crippen LogP contribution >= 0.6 is 22.6 Å². The predicted molar refractivity (Wildman–Crippen MR) is 71.2 cm³/mol. The van der Waals surface area contributed by atoms with Crippen LogP contribution in [0.5, 0.6) is 0 Å². The Kier molecular flexibility index (Phi) is 3.99. The molecule has 2 nitrogen and oxygen atoms in total. The molecule has 0 spiro atoms. The minimum Gasteiger partial charge on any atom is -0.271 e. The predicted octanol–water partition coefficient (Wildman–Crippen LogP) is 2.99. The van der Waals surface area contributed by atoms with Crippen molar-refractivity contribution >= 4 is 22.6 Å². The summed E-state index contributed by atoms with van der Waals surface area (Å²) < 4.78 is 1.30. The highest BCUT2D eigenvalue weighted by molar-refractivity contribution is 14.1. The third-order valence-electron chi connectivity index (χ3n) is 3.04. The number of nitrogens with one attached hydrogen (secondary N) is 1. The molecule has 0 radical (unpaired) electrons. The Hall–Kier alpha value is -0.130. The first-order valence-electron chi connectivity index (χ1n) is 5.52. The molecule has 1 aromatic rings. The molecule has 0 amide bonds. The zero-order valence-electron chi connectivity index (χ0n) is 8.75. The average Bonchev–Trinajstić information content (AvgIpc) is 3.05. The summed E-state index contributed by atoms with van der Waals surface area (Å²) in [5.74, 6) is 6.60. The van der Waals surface area contributed by atoms with Gasteiger partial charge in [0, 0.05) is 9.61 Å². The Labute approximate surface area is 105 Å². The molecule has 1 fully saturated rings. The SMILES string of the molecule is NNC(CCC1CC1)c1ccccc1I. The van der Waals surface area contributed by atoms with Crippen molar-refractivity contribution in [3.8, 4) is 0 Å². The first kappa shape index (κ1) is 11.4. The molecule has 0 aromatic heterocycles. The molecule has 1 aliphatic carbocycles. The topological polar surface area (TPSA) is 38.0 Å². The van der Waals surface area contributed by atoms with Crippen LogP contribution in [-0.2, 0) is 0 Å². The van der Waals surface area contributed by atoms with Gasteiger partial charge in [-0.2, -0.15) is 0 Å². The van der Waals surface area contributed by atoms with Gasteiger partial charge in [0.2, 0.25) is 0 Å². The zero-order valence-corrected chi connectivity index (χ0v) is 10.9. The summed E-state index contributed by atoms with van der Waals surface area (Å²) in [6, 6.07) is 8.77. The molecule has 1 atom stereocenters. The van der Waals surface area contributed by atoms with Gasteiger partial charge in [0.15, 0.2) is 0 Å². The Morgan fingerprint density at radius 2 is 2.13 bits per heavy atom. The summed E-state index contributed by atoms with van der Waals surface area (Å²) >= 11 is 2.38. The van der Waals surface area contributed by atoms with Gasteiger partial charge in [-0.15, -0.1) is 0 Å². The van der Waals surface area contributed by atoms with E-state index in [-0.39, 0.29) is 0 Å². The molecule has 82 valence electrons. The first-order valence-corrected chi connectivity index (χ1v) is 6.59. The highest BCUT2D eigenvalue weighted by atomic mass is 127. The number of rotatable bonds is 5. The van der Waals surface area contributed by atoms with Gasteiger partial charge in [-0.1, -0.05) is 31.0 Å². The summed E-state index contributed by atoms with van der Waals surface area (Å²) in [7, 11) is 0. The van der Waals surface area contributed by atoms with E-state index in [1.165, 1.54) is 28.4 Å². The van der Waals surface area contributed by atoms with Gasteiger partial charge in [-0.05, 0) is 53.0 Å². The summed E-state index contributed by atoms with van der Waals surface area (Å²) in [6.07, 6.45) is 5.30. The maximum atomic E-state index is 5.63. The van der Waals surface area contributed by atoms with Gasteiger partial charge in [0.1, 0.15) is 0 Å². The Bertz CT molecular complexity index is 323. The van der Waals surface area contributed by atoms with E-state index in [1.54, 1.807) is 0 Å². The molecule has 15 heavy (non-hydrogen) atoms. The highest BCUT2D eigenvalue weighted by Gasteiger charge is 2.23. The van der Waals surface area contributed by atoms with E-state index in [9.17, 15) is 0 Å². The van der Waals surface area contributed by atoms with E-state index < -0.39 is 0 Å². The van der Waals surface area contributed by atoms with Crippen LogP contribution in [0, 0.1) is 9.49 Å². The highest BCUT2D eigenvalue weighted by Crippen LogP contribution is 2.36. The molecule has 0 bridgehead atoms. The minimum absolute atomic E-state index is 0.318. The fraction of sp³-hybridized carbons (Fsp3) is 0.500. The summed E-state index contributed by atoms with van der Waals surface area (Å²) in [6.45, 7) is 0. The van der Waals surface area contributed by atoms with Crippen LogP contribution in [-0.4, -0.2) is 0 Å². The quantitative estimate of drug-likeness (QED) is 0.498. The third kappa shape index (κ3) is 3.16. The van der Waals surface area contributed by atoms with Crippen LogP contribution in [0.2, 0.25) is 0 Å². The lowest BCUT2D eigenvalue weighted by atomic mass is 10.0. The standard InChI is InChI=1S/C12H17IN2/c13-11-4-2-1-3-10(11)12(15-14)8-7-9-5-6-9/h1-4,9,12,15H,5-8,14H2.